The first-order valence-corrected chi connectivity index (χ1v) is 41.8. The van der Waals surface area contributed by atoms with Crippen molar-refractivity contribution in [3.8, 4) is 0 Å². The third-order valence-corrected chi connectivity index (χ3v) is 21.6. The predicted octanol–water partition coefficient (Wildman–Crippen LogP) is 25.9. The fourth-order valence-electron chi connectivity index (χ4n) is 15.9. The second kappa shape index (κ2) is 44.5. The van der Waals surface area contributed by atoms with Crippen LogP contribution in [-0.4, -0.2) is 35.3 Å². The van der Waals surface area contributed by atoms with Gasteiger partial charge in [-0.2, -0.15) is 35.2 Å². The molecule has 660 valence electrons. The van der Waals surface area contributed by atoms with Gasteiger partial charge in [-0.1, -0.05) is 219 Å². The number of nitrogens with zero attached hydrogens (tertiary/aromatic N) is 12. The van der Waals surface area contributed by atoms with E-state index in [1.165, 1.54) is 44.5 Å². The van der Waals surface area contributed by atoms with Crippen LogP contribution in [0.15, 0.2) is 305 Å². The number of benzene rings is 6. The van der Waals surface area contributed by atoms with Gasteiger partial charge in [0.25, 0.3) is 0 Å². The topological polar surface area (TPSA) is 159 Å². The molecule has 0 aliphatic carbocycles. The van der Waals surface area contributed by atoms with Gasteiger partial charge in [-0.3, -0.25) is 30.0 Å². The molecule has 0 saturated heterocycles. The summed E-state index contributed by atoms with van der Waals surface area (Å²) in [6.07, 6.45) is 22.7. The zero-order chi connectivity index (χ0) is 93.4. The zero-order valence-corrected chi connectivity index (χ0v) is 86.1. The van der Waals surface area contributed by atoms with Gasteiger partial charge in [0.2, 0.25) is 11.6 Å². The molecule has 0 amide bonds. The van der Waals surface area contributed by atoms with Crippen molar-refractivity contribution in [1.82, 2.24) is 29.9 Å². The Bertz CT molecular complexity index is 6530. The van der Waals surface area contributed by atoms with Gasteiger partial charge in [0.05, 0.1) is 45.3 Å². The van der Waals surface area contributed by atoms with Gasteiger partial charge in [0.1, 0.15) is 0 Å². The van der Waals surface area contributed by atoms with Crippen LogP contribution in [-0.2, 0) is 58.4 Å². The molecular weight excluding hydrogens is 1850 g/mol. The summed E-state index contributed by atoms with van der Waals surface area (Å²) in [5.41, 5.74) is 31.1. The number of halogens is 10. The number of hydrogen-bond acceptors (Lipinski definition) is 6. The van der Waals surface area contributed by atoms with E-state index < -0.39 is 69.3 Å². The number of hydrogen-bond donors (Lipinski definition) is 0. The van der Waals surface area contributed by atoms with Crippen molar-refractivity contribution < 1.29 is 102 Å². The molecule has 0 atom stereocenters. The minimum atomic E-state index is -2.20. The van der Waals surface area contributed by atoms with Crippen LogP contribution < -0.4 is 29.9 Å². The third kappa shape index (κ3) is 22.9. The Hall–Kier alpha value is -12.9. The van der Waals surface area contributed by atoms with E-state index in [9.17, 15) is 43.9 Å². The first-order chi connectivity index (χ1) is 62.1. The standard InChI is InChI=1S/2C20H21N2.2C19H14F5N2.2C15H11N2.3Zn/c2*1-12-6-8-17(9-7-12)18(19-13(2)10-15(4)21-19)20-14(3)11-16(5)22-20;2*1-7-5-9(3)25-18(7)12(19-8(2)6-10(4)26-19)11-13(20)15(22)17(24)16(23)14(11)21;2*1-2-6-12(7-3-1)15(13-8-4-10-16-13)14-9-5-11-17-14;;;/h2*6-11H,1-5H3;2*5-6H,1-4H3;2*1-11H;;;/q6*-1;3*+2. The Balaban J connectivity index is 0.000000166. The van der Waals surface area contributed by atoms with Crippen molar-refractivity contribution in [3.63, 3.8) is 0 Å². The zero-order valence-electron chi connectivity index (χ0n) is 77.2. The normalized spacial score (nSPS) is 16.0. The molecule has 6 aromatic heterocycles. The summed E-state index contributed by atoms with van der Waals surface area (Å²) in [6, 6.07) is 53.2. The Kier molecular flexibility index (Phi) is 34.2. The fraction of sp³-hybridized carbons (Fsp3) is 0.167. The Morgan fingerprint density at radius 1 is 0.263 bits per heavy atom. The molecule has 0 spiro atoms. The molecule has 6 aromatic carbocycles. The number of aryl methyl sites for hydroxylation is 10. The van der Waals surface area contributed by atoms with Crippen LogP contribution in [0, 0.1) is 127 Å². The quantitative estimate of drug-likeness (QED) is 0.0512. The van der Waals surface area contributed by atoms with Gasteiger partial charge in [-0.05, 0) is 224 Å². The Morgan fingerprint density at radius 3 is 0.729 bits per heavy atom. The van der Waals surface area contributed by atoms with E-state index in [4.69, 9.17) is 20.0 Å². The van der Waals surface area contributed by atoms with Crippen molar-refractivity contribution in [2.45, 2.75) is 125 Å². The van der Waals surface area contributed by atoms with E-state index in [1.54, 1.807) is 104 Å². The van der Waals surface area contributed by atoms with E-state index in [2.05, 4.69) is 179 Å². The van der Waals surface area contributed by atoms with Gasteiger partial charge in [0.15, 0.2) is 46.5 Å². The van der Waals surface area contributed by atoms with Crippen LogP contribution in [0.25, 0.3) is 33.4 Å². The minimum absolute atomic E-state index is 0. The van der Waals surface area contributed by atoms with E-state index >= 15 is 0 Å². The largest absolute Gasteiger partial charge is 2.00 e. The maximum Gasteiger partial charge on any atom is 2.00 e. The van der Waals surface area contributed by atoms with Crippen LogP contribution in [0.4, 0.5) is 43.9 Å². The summed E-state index contributed by atoms with van der Waals surface area (Å²) in [5, 5.41) is 0. The molecule has 18 rings (SSSR count). The average molecular weight is 1940 g/mol. The number of aromatic nitrogens is 6. The maximum atomic E-state index is 14.5. The summed E-state index contributed by atoms with van der Waals surface area (Å²) < 4.78 is 140. The molecule has 0 unspecified atom stereocenters. The molecule has 0 fully saturated rings. The molecule has 0 N–H and O–H groups in total. The summed E-state index contributed by atoms with van der Waals surface area (Å²) in [6.45, 7) is 34.1. The van der Waals surface area contributed by atoms with Crippen molar-refractivity contribution in [2.75, 3.05) is 0 Å². The molecule has 6 aliphatic heterocycles. The second-order valence-corrected chi connectivity index (χ2v) is 32.1. The number of allylic oxidation sites excluding steroid dienone is 12. The molecule has 25 heteroatoms. The van der Waals surface area contributed by atoms with Crippen molar-refractivity contribution in [3.05, 3.63) is 457 Å². The van der Waals surface area contributed by atoms with E-state index in [0.29, 0.717) is 45.1 Å². The maximum absolute atomic E-state index is 14.5. The average Bonchev–Trinajstić information content (AvgIpc) is 1.60. The fourth-order valence-corrected chi connectivity index (χ4v) is 15.9. The number of aliphatic imine (C=N–C) groups is 6. The predicted molar refractivity (Wildman–Crippen MR) is 503 cm³/mol. The third-order valence-electron chi connectivity index (χ3n) is 21.6. The summed E-state index contributed by atoms with van der Waals surface area (Å²) in [4.78, 5) is 53.4. The van der Waals surface area contributed by atoms with Gasteiger partial charge in [0, 0.05) is 35.3 Å². The van der Waals surface area contributed by atoms with Crippen LogP contribution >= 0.6 is 0 Å². The molecule has 133 heavy (non-hydrogen) atoms. The van der Waals surface area contributed by atoms with E-state index in [0.717, 1.165) is 102 Å². The number of rotatable bonds is 12. The Labute approximate surface area is 806 Å². The van der Waals surface area contributed by atoms with E-state index in [1.807, 2.05) is 113 Å². The molecule has 6 aliphatic rings. The first-order valence-electron chi connectivity index (χ1n) is 41.8. The van der Waals surface area contributed by atoms with Crippen LogP contribution in [0.3, 0.4) is 0 Å². The van der Waals surface area contributed by atoms with Gasteiger partial charge < -0.3 is 29.9 Å². The monoisotopic (exact) mass is 1940 g/mol. The molecule has 12 nitrogen and oxygen atoms in total. The van der Waals surface area contributed by atoms with Crippen LogP contribution in [0.2, 0.25) is 0 Å². The van der Waals surface area contributed by atoms with Crippen LogP contribution in [0.1, 0.15) is 179 Å². The molecule has 12 aromatic rings. The molecular formula is C108H92F10N12Zn3. The van der Waals surface area contributed by atoms with Gasteiger partial charge in [-0.25, -0.2) is 43.9 Å². The van der Waals surface area contributed by atoms with Crippen molar-refractivity contribution in [1.29, 1.82) is 0 Å². The molecule has 0 bridgehead atoms. The van der Waals surface area contributed by atoms with Crippen molar-refractivity contribution >= 4 is 68.7 Å². The second-order valence-electron chi connectivity index (χ2n) is 32.1. The van der Waals surface area contributed by atoms with Gasteiger partial charge in [-0.15, -0.1) is 34.2 Å². The molecule has 12 heterocycles. The summed E-state index contributed by atoms with van der Waals surface area (Å²) >= 11 is 0. The van der Waals surface area contributed by atoms with Crippen molar-refractivity contribution in [2.24, 2.45) is 30.0 Å². The first kappa shape index (κ1) is 102. The smallest absolute Gasteiger partial charge is 0.664 e. The summed E-state index contributed by atoms with van der Waals surface area (Å²) in [5.74, 6) is -20.0. The van der Waals surface area contributed by atoms with Gasteiger partial charge >= 0.3 is 58.4 Å². The van der Waals surface area contributed by atoms with Crippen LogP contribution in [0.5, 0.6) is 0 Å². The SMILES string of the molecule is C1=CC(=C(c2ccccc2)c2ccc[n-]2)N=C1.C1=CC(=C(c2ccccc2)c2ccc[n-]2)N=C1.CC1=CC(C)=NC1=C(c1[n-]c(C)cc1C)c1c(F)c(F)c(F)c(F)c1F.CC1=CC(C)=NC1=C(c1[n-]c(C)cc1C)c1c(F)c(F)c(F)c(F)c1F.CC1=CC(C)=NC1=C(c1ccc(C)cc1)c1[n-]c(C)cc1C.CC1=CC(C)=NC1=C(c1ccc(C)cc1)c1[n-]c(C)cc1C.[Zn+2].[Zn+2].[Zn+2]. The van der Waals surface area contributed by atoms with E-state index in [-0.39, 0.29) is 92.4 Å². The Morgan fingerprint density at radius 2 is 0.511 bits per heavy atom. The molecule has 0 saturated carbocycles. The summed E-state index contributed by atoms with van der Waals surface area (Å²) in [7, 11) is 0. The molecule has 0 radical (unpaired) electrons. The minimum Gasteiger partial charge on any atom is -0.664 e.